The Hall–Kier alpha value is -1.83. The summed E-state index contributed by atoms with van der Waals surface area (Å²) in [7, 11) is -14.0. The van der Waals surface area contributed by atoms with E-state index in [1.165, 1.54) is 18.2 Å². The van der Waals surface area contributed by atoms with Gasteiger partial charge in [0.15, 0.2) is 0 Å². The topological polar surface area (TPSA) is 270 Å². The molecule has 0 unspecified atom stereocenters. The Bertz CT molecular complexity index is 2480. The molecule has 5 aromatic rings. The fourth-order valence-electron chi connectivity index (χ4n) is 4.45. The molecular weight excluding hydrogens is 783 g/mol. The van der Waals surface area contributed by atoms with Crippen LogP contribution in [0.2, 0.25) is 5.28 Å². The third-order valence-corrected chi connectivity index (χ3v) is 9.54. The molecule has 5 rings (SSSR count). The first-order valence-corrected chi connectivity index (χ1v) is 17.7. The molecule has 1 heterocycles. The van der Waals surface area contributed by atoms with Gasteiger partial charge in [0, 0.05) is 18.4 Å². The summed E-state index contributed by atoms with van der Waals surface area (Å²) in [6.45, 7) is 1.05. The summed E-state index contributed by atoms with van der Waals surface area (Å²) in [4.78, 5) is 11.0. The van der Waals surface area contributed by atoms with Crippen molar-refractivity contribution in [1.82, 2.24) is 15.0 Å². The molecule has 4 aromatic carbocycles. The molecule has 24 heteroatoms. The summed E-state index contributed by atoms with van der Waals surface area (Å²) in [5, 5.41) is 22.9. The zero-order chi connectivity index (χ0) is 35.2. The van der Waals surface area contributed by atoms with Gasteiger partial charge in [0.25, 0.3) is 10.1 Å². The summed E-state index contributed by atoms with van der Waals surface area (Å²) in [6, 6.07) is 14.9. The zero-order valence-electron chi connectivity index (χ0n) is 27.3. The summed E-state index contributed by atoms with van der Waals surface area (Å²) in [5.41, 5.74) is -1.39. The predicted octanol–water partition coefficient (Wildman–Crippen LogP) is -4.95. The van der Waals surface area contributed by atoms with Crippen molar-refractivity contribution in [1.29, 1.82) is 0 Å². The molecule has 0 bridgehead atoms. The number of anilines is 4. The molecule has 0 amide bonds. The van der Waals surface area contributed by atoms with Crippen LogP contribution in [0.4, 0.5) is 34.6 Å². The van der Waals surface area contributed by atoms with Crippen LogP contribution in [0.5, 0.6) is 5.75 Å². The minimum atomic E-state index is -5.34. The molecular formula is C27H19ClN7Na3O10S3. The number of hydrogen-bond donors (Lipinski definition) is 2. The van der Waals surface area contributed by atoms with E-state index < -0.39 is 67.7 Å². The fraction of sp³-hybridized carbons (Fsp3) is 0.0741. The average molecular weight is 802 g/mol. The van der Waals surface area contributed by atoms with Crippen molar-refractivity contribution in [3.05, 3.63) is 77.6 Å². The van der Waals surface area contributed by atoms with Gasteiger partial charge < -0.3 is 24.4 Å². The molecule has 0 fully saturated rings. The largest absolute Gasteiger partial charge is 1.00 e. The van der Waals surface area contributed by atoms with Crippen LogP contribution < -0.4 is 104 Å². The molecule has 1 aromatic heterocycles. The molecule has 2 N–H and O–H groups in total. The number of benzene rings is 4. The number of aryl methyl sites for hydroxylation is 1. The molecule has 17 nitrogen and oxygen atoms in total. The van der Waals surface area contributed by atoms with Crippen molar-refractivity contribution >= 4 is 87.4 Å². The van der Waals surface area contributed by atoms with E-state index in [0.717, 1.165) is 18.7 Å². The van der Waals surface area contributed by atoms with Gasteiger partial charge in [-0.25, -0.2) is 16.8 Å². The van der Waals surface area contributed by atoms with Gasteiger partial charge in [-0.1, -0.05) is 30.0 Å². The average Bonchev–Trinajstić information content (AvgIpc) is 2.99. The second kappa shape index (κ2) is 17.5. The van der Waals surface area contributed by atoms with E-state index in [1.54, 1.807) is 11.9 Å². The maximum Gasteiger partial charge on any atom is 1.00 e. The Labute approximate surface area is 363 Å². The van der Waals surface area contributed by atoms with Gasteiger partial charge in [0.05, 0.1) is 15.5 Å². The fourth-order valence-corrected chi connectivity index (χ4v) is 6.65. The standard InChI is InChI=1S/C27H22ClN7O10S3.3Na/c1-14-10-21(47(40,41)42)19(13-20(14)46(37,38)39)33-34-23-22(48(43,44)45)12-15-11-16(8-9-18(15)24(23)36)29-26-30-25(28)31-27(32-26)35(2)17-6-4-3-5-7-17;;;/h3-13,36H,1-2H3,(H,37,38,39)(H,40,41,42)(H,43,44,45)(H,29,30,31,32);;;/q;3*+1/p-3. The molecule has 0 radical (unpaired) electrons. The second-order valence-electron chi connectivity index (χ2n) is 9.90. The zero-order valence-corrected chi connectivity index (χ0v) is 36.5. The molecule has 0 aliphatic heterocycles. The molecule has 0 spiro atoms. The SMILES string of the molecule is Cc1cc(S(=O)(=O)[O-])c(N=Nc2c(S(=O)(=O)O)cc3cc(Nc4nc(Cl)nc(N(C)c5ccccc5)n4)ccc3c2[O-])cc1S(=O)(=O)[O-].[Na+].[Na+].[Na+]. The predicted molar refractivity (Wildman–Crippen MR) is 167 cm³/mol. The van der Waals surface area contributed by atoms with Crippen LogP contribution in [-0.4, -0.2) is 60.9 Å². The number of nitrogens with zero attached hydrogens (tertiary/aromatic N) is 6. The normalized spacial score (nSPS) is 11.7. The van der Waals surface area contributed by atoms with Crippen molar-refractivity contribution in [3.8, 4) is 5.75 Å². The Morgan fingerprint density at radius 1 is 0.804 bits per heavy atom. The Morgan fingerprint density at radius 2 is 1.43 bits per heavy atom. The maximum atomic E-state index is 13.4. The summed E-state index contributed by atoms with van der Waals surface area (Å²) in [6.07, 6.45) is 0. The van der Waals surface area contributed by atoms with E-state index in [2.05, 4.69) is 30.5 Å². The Kier molecular flexibility index (Phi) is 15.6. The van der Waals surface area contributed by atoms with Crippen LogP contribution in [0.25, 0.3) is 10.8 Å². The van der Waals surface area contributed by atoms with Crippen LogP contribution in [0.3, 0.4) is 0 Å². The van der Waals surface area contributed by atoms with Gasteiger partial charge in [0.2, 0.25) is 17.2 Å². The van der Waals surface area contributed by atoms with Crippen molar-refractivity contribution in [2.24, 2.45) is 10.2 Å². The molecule has 51 heavy (non-hydrogen) atoms. The number of fused-ring (bicyclic) bond motifs is 1. The van der Waals surface area contributed by atoms with Crippen LogP contribution in [0, 0.1) is 6.92 Å². The van der Waals surface area contributed by atoms with Gasteiger partial charge >= 0.3 is 88.7 Å². The number of hydrogen-bond acceptors (Lipinski definition) is 16. The van der Waals surface area contributed by atoms with Gasteiger partial charge in [0.1, 0.15) is 30.8 Å². The van der Waals surface area contributed by atoms with Gasteiger partial charge in [-0.2, -0.15) is 23.4 Å². The maximum absolute atomic E-state index is 13.4. The summed E-state index contributed by atoms with van der Waals surface area (Å²) >= 11 is 6.12. The van der Waals surface area contributed by atoms with E-state index in [4.69, 9.17) is 11.6 Å². The van der Waals surface area contributed by atoms with Crippen molar-refractivity contribution < 1.29 is 133 Å². The number of aromatic nitrogens is 3. The van der Waals surface area contributed by atoms with Crippen LogP contribution in [-0.2, 0) is 30.4 Å². The van der Waals surface area contributed by atoms with Gasteiger partial charge in [-0.05, 0) is 77.3 Å². The smallest absolute Gasteiger partial charge is 0.871 e. The quantitative estimate of drug-likeness (QED) is 0.0803. The minimum absolute atomic E-state index is 0. The Balaban J connectivity index is 0.00000300. The molecule has 250 valence electrons. The number of azo groups is 1. The van der Waals surface area contributed by atoms with Crippen LogP contribution >= 0.6 is 11.6 Å². The van der Waals surface area contributed by atoms with E-state index in [1.807, 2.05) is 30.3 Å². The van der Waals surface area contributed by atoms with E-state index >= 15 is 0 Å². The summed E-state index contributed by atoms with van der Waals surface area (Å²) < 4.78 is 105. The molecule has 0 saturated carbocycles. The number of para-hydroxylation sites is 1. The van der Waals surface area contributed by atoms with E-state index in [0.29, 0.717) is 12.1 Å². The van der Waals surface area contributed by atoms with Crippen LogP contribution in [0.1, 0.15) is 5.56 Å². The number of rotatable bonds is 9. The molecule has 0 aliphatic carbocycles. The first-order chi connectivity index (χ1) is 22.3. The molecule has 0 aliphatic rings. The summed E-state index contributed by atoms with van der Waals surface area (Å²) in [5.74, 6) is -0.950. The van der Waals surface area contributed by atoms with Crippen molar-refractivity contribution in [3.63, 3.8) is 0 Å². The van der Waals surface area contributed by atoms with Crippen LogP contribution in [0.15, 0.2) is 91.6 Å². The third-order valence-electron chi connectivity index (χ3n) is 6.66. The number of halogens is 1. The third kappa shape index (κ3) is 10.7. The molecule has 0 atom stereocenters. The molecule has 0 saturated heterocycles. The van der Waals surface area contributed by atoms with E-state index in [-0.39, 0.29) is 122 Å². The monoisotopic (exact) mass is 801 g/mol. The van der Waals surface area contributed by atoms with Gasteiger partial charge in [-0.15, -0.1) is 10.2 Å². The first kappa shape index (κ1) is 45.3. The second-order valence-corrected chi connectivity index (χ2v) is 14.3. The van der Waals surface area contributed by atoms with Crippen molar-refractivity contribution in [2.45, 2.75) is 21.6 Å². The first-order valence-electron chi connectivity index (χ1n) is 13.0. The minimum Gasteiger partial charge on any atom is -0.871 e. The number of nitrogens with one attached hydrogen (secondary N) is 1. The van der Waals surface area contributed by atoms with Gasteiger partial charge in [-0.3, -0.25) is 4.55 Å². The van der Waals surface area contributed by atoms with Crippen molar-refractivity contribution in [2.75, 3.05) is 17.3 Å². The van der Waals surface area contributed by atoms with E-state index in [9.17, 15) is 44.0 Å². The Morgan fingerprint density at radius 3 is 2.02 bits per heavy atom.